The SMILES string of the molecule is Clc1c(CSc2ncccn2)sc2ccccc12. The third kappa shape index (κ3) is 2.36. The second kappa shape index (κ2) is 5.26. The summed E-state index contributed by atoms with van der Waals surface area (Å²) in [4.78, 5) is 9.56. The van der Waals surface area contributed by atoms with Crippen LogP contribution in [0.1, 0.15) is 4.88 Å². The maximum absolute atomic E-state index is 6.38. The van der Waals surface area contributed by atoms with E-state index in [-0.39, 0.29) is 0 Å². The van der Waals surface area contributed by atoms with Crippen molar-refractivity contribution in [2.24, 2.45) is 0 Å². The number of hydrogen-bond donors (Lipinski definition) is 0. The first kappa shape index (κ1) is 12.0. The van der Waals surface area contributed by atoms with E-state index < -0.39 is 0 Å². The van der Waals surface area contributed by atoms with Crippen LogP contribution in [0.4, 0.5) is 0 Å². The number of aromatic nitrogens is 2. The van der Waals surface area contributed by atoms with E-state index >= 15 is 0 Å². The van der Waals surface area contributed by atoms with Crippen molar-refractivity contribution in [1.82, 2.24) is 9.97 Å². The zero-order valence-electron chi connectivity index (χ0n) is 9.34. The minimum atomic E-state index is 0.783. The molecule has 0 atom stereocenters. The van der Waals surface area contributed by atoms with E-state index in [0.717, 1.165) is 21.3 Å². The first-order valence-corrected chi connectivity index (χ1v) is 7.58. The highest BCUT2D eigenvalue weighted by molar-refractivity contribution is 7.98. The number of nitrogens with zero attached hydrogens (tertiary/aromatic N) is 2. The molecule has 0 aliphatic rings. The largest absolute Gasteiger partial charge is 0.231 e. The number of thiophene rings is 1. The Morgan fingerprint density at radius 2 is 1.89 bits per heavy atom. The van der Waals surface area contributed by atoms with E-state index in [2.05, 4.69) is 22.1 Å². The molecule has 0 radical (unpaired) electrons. The first-order valence-electron chi connectivity index (χ1n) is 5.40. The zero-order valence-corrected chi connectivity index (χ0v) is 11.7. The number of hydrogen-bond acceptors (Lipinski definition) is 4. The Kier molecular flexibility index (Phi) is 3.50. The number of rotatable bonds is 3. The summed E-state index contributed by atoms with van der Waals surface area (Å²) in [5, 5.41) is 2.78. The standard InChI is InChI=1S/C13H9ClN2S2/c14-12-9-4-1-2-5-10(9)18-11(12)8-17-13-15-6-3-7-16-13/h1-7H,8H2. The topological polar surface area (TPSA) is 25.8 Å². The van der Waals surface area contributed by atoms with Crippen molar-refractivity contribution in [3.63, 3.8) is 0 Å². The van der Waals surface area contributed by atoms with Gasteiger partial charge in [-0.2, -0.15) is 0 Å². The zero-order chi connectivity index (χ0) is 12.4. The number of halogens is 1. The van der Waals surface area contributed by atoms with Gasteiger partial charge in [0.15, 0.2) is 5.16 Å². The normalized spacial score (nSPS) is 10.9. The van der Waals surface area contributed by atoms with Crippen molar-refractivity contribution in [3.05, 3.63) is 52.6 Å². The molecule has 0 saturated carbocycles. The summed E-state index contributed by atoms with van der Waals surface area (Å²) in [5.74, 6) is 0.808. The van der Waals surface area contributed by atoms with Crippen LogP contribution in [0.5, 0.6) is 0 Å². The van der Waals surface area contributed by atoms with E-state index in [1.165, 1.54) is 9.58 Å². The molecular weight excluding hydrogens is 284 g/mol. The van der Waals surface area contributed by atoms with Gasteiger partial charge in [0.1, 0.15) is 0 Å². The van der Waals surface area contributed by atoms with Crippen LogP contribution in [-0.4, -0.2) is 9.97 Å². The fourth-order valence-corrected chi connectivity index (χ4v) is 4.11. The van der Waals surface area contributed by atoms with Gasteiger partial charge in [0.2, 0.25) is 0 Å². The molecule has 0 bridgehead atoms. The van der Waals surface area contributed by atoms with Crippen molar-refractivity contribution >= 4 is 44.8 Å². The van der Waals surface area contributed by atoms with Gasteiger partial charge in [-0.25, -0.2) is 9.97 Å². The van der Waals surface area contributed by atoms with Crippen LogP contribution in [0.25, 0.3) is 10.1 Å². The number of fused-ring (bicyclic) bond motifs is 1. The molecule has 0 aliphatic heterocycles. The van der Waals surface area contributed by atoms with Gasteiger partial charge in [0, 0.05) is 33.1 Å². The fraction of sp³-hybridized carbons (Fsp3) is 0.0769. The molecule has 0 spiro atoms. The maximum Gasteiger partial charge on any atom is 0.187 e. The van der Waals surface area contributed by atoms with Crippen LogP contribution in [0.2, 0.25) is 5.02 Å². The molecule has 2 aromatic heterocycles. The molecule has 3 rings (SSSR count). The lowest BCUT2D eigenvalue weighted by molar-refractivity contribution is 0.967. The molecule has 3 aromatic rings. The van der Waals surface area contributed by atoms with Crippen LogP contribution in [0.15, 0.2) is 47.9 Å². The maximum atomic E-state index is 6.38. The Morgan fingerprint density at radius 1 is 1.11 bits per heavy atom. The molecule has 2 heterocycles. The number of thioether (sulfide) groups is 1. The molecule has 5 heteroatoms. The van der Waals surface area contributed by atoms with E-state index in [0.29, 0.717) is 0 Å². The van der Waals surface area contributed by atoms with Gasteiger partial charge in [-0.3, -0.25) is 0 Å². The van der Waals surface area contributed by atoms with Gasteiger partial charge >= 0.3 is 0 Å². The Morgan fingerprint density at radius 3 is 2.67 bits per heavy atom. The highest BCUT2D eigenvalue weighted by Gasteiger charge is 2.10. The van der Waals surface area contributed by atoms with Gasteiger partial charge in [0.25, 0.3) is 0 Å². The molecule has 1 aromatic carbocycles. The summed E-state index contributed by atoms with van der Waals surface area (Å²) in [6, 6.07) is 10.0. The van der Waals surface area contributed by atoms with E-state index in [4.69, 9.17) is 11.6 Å². The minimum Gasteiger partial charge on any atom is -0.231 e. The Balaban J connectivity index is 1.85. The molecule has 90 valence electrons. The summed E-state index contributed by atoms with van der Waals surface area (Å²) in [6.07, 6.45) is 3.50. The molecule has 0 fully saturated rings. The lowest BCUT2D eigenvalue weighted by Crippen LogP contribution is -1.83. The minimum absolute atomic E-state index is 0.783. The monoisotopic (exact) mass is 292 g/mol. The lowest BCUT2D eigenvalue weighted by Gasteiger charge is -1.97. The summed E-state index contributed by atoms with van der Waals surface area (Å²) in [7, 11) is 0. The predicted octanol–water partition coefficient (Wildman–Crippen LogP) is 4.64. The highest BCUT2D eigenvalue weighted by atomic mass is 35.5. The summed E-state index contributed by atoms with van der Waals surface area (Å²) < 4.78 is 1.23. The van der Waals surface area contributed by atoms with E-state index in [1.54, 1.807) is 35.5 Å². The molecule has 2 nitrogen and oxygen atoms in total. The van der Waals surface area contributed by atoms with Crippen LogP contribution >= 0.6 is 34.7 Å². The Hall–Kier alpha value is -1.10. The number of benzene rings is 1. The van der Waals surface area contributed by atoms with Crippen LogP contribution in [0.3, 0.4) is 0 Å². The van der Waals surface area contributed by atoms with Crippen LogP contribution in [-0.2, 0) is 5.75 Å². The van der Waals surface area contributed by atoms with Crippen LogP contribution in [0, 0.1) is 0 Å². The first-order chi connectivity index (χ1) is 8.84. The third-order valence-electron chi connectivity index (χ3n) is 2.48. The van der Waals surface area contributed by atoms with Gasteiger partial charge in [-0.05, 0) is 12.1 Å². The average molecular weight is 293 g/mol. The van der Waals surface area contributed by atoms with E-state index in [1.807, 2.05) is 18.2 Å². The van der Waals surface area contributed by atoms with Crippen molar-refractivity contribution in [2.45, 2.75) is 10.9 Å². The molecular formula is C13H9ClN2S2. The lowest BCUT2D eigenvalue weighted by atomic mass is 10.2. The van der Waals surface area contributed by atoms with E-state index in [9.17, 15) is 0 Å². The molecule has 0 amide bonds. The van der Waals surface area contributed by atoms with Gasteiger partial charge < -0.3 is 0 Å². The Labute approximate surface area is 118 Å². The van der Waals surface area contributed by atoms with Crippen molar-refractivity contribution in [2.75, 3.05) is 0 Å². The smallest absolute Gasteiger partial charge is 0.187 e. The van der Waals surface area contributed by atoms with Crippen molar-refractivity contribution < 1.29 is 0 Å². The predicted molar refractivity (Wildman–Crippen MR) is 78.4 cm³/mol. The molecule has 0 saturated heterocycles. The summed E-state index contributed by atoms with van der Waals surface area (Å²) in [5.41, 5.74) is 0. The van der Waals surface area contributed by atoms with Gasteiger partial charge in [0.05, 0.1) is 5.02 Å². The molecule has 18 heavy (non-hydrogen) atoms. The van der Waals surface area contributed by atoms with Crippen molar-refractivity contribution in [3.8, 4) is 0 Å². The average Bonchev–Trinajstić information content (AvgIpc) is 2.75. The molecule has 0 aliphatic carbocycles. The quantitative estimate of drug-likeness (QED) is 0.520. The van der Waals surface area contributed by atoms with Gasteiger partial charge in [-0.1, -0.05) is 41.6 Å². The summed E-state index contributed by atoms with van der Waals surface area (Å²) >= 11 is 9.72. The van der Waals surface area contributed by atoms with Gasteiger partial charge in [-0.15, -0.1) is 11.3 Å². The van der Waals surface area contributed by atoms with Crippen molar-refractivity contribution in [1.29, 1.82) is 0 Å². The molecule has 0 N–H and O–H groups in total. The summed E-state index contributed by atoms with van der Waals surface area (Å²) in [6.45, 7) is 0. The highest BCUT2D eigenvalue weighted by Crippen LogP contribution is 2.37. The fourth-order valence-electron chi connectivity index (χ4n) is 1.65. The molecule has 0 unspecified atom stereocenters. The van der Waals surface area contributed by atoms with Crippen LogP contribution < -0.4 is 0 Å². The third-order valence-corrected chi connectivity index (χ3v) is 5.28. The second-order valence-corrected chi connectivity index (χ2v) is 6.11. The Bertz CT molecular complexity index is 667. The second-order valence-electron chi connectivity index (χ2n) is 3.66.